The average Bonchev–Trinajstić information content (AvgIpc) is 2.78. The summed E-state index contributed by atoms with van der Waals surface area (Å²) < 4.78 is 0. The Morgan fingerprint density at radius 3 is 2.48 bits per heavy atom. The van der Waals surface area contributed by atoms with E-state index in [0.29, 0.717) is 11.4 Å². The first kappa shape index (κ1) is 13.8. The van der Waals surface area contributed by atoms with Gasteiger partial charge in [-0.15, -0.1) is 0 Å². The highest BCUT2D eigenvalue weighted by molar-refractivity contribution is 6.31. The van der Waals surface area contributed by atoms with Crippen LogP contribution in [-0.4, -0.2) is 11.6 Å². The Bertz CT molecular complexity index is 697. The van der Waals surface area contributed by atoms with Crippen molar-refractivity contribution in [3.8, 4) is 0 Å². The molecule has 2 aromatic carbocycles. The lowest BCUT2D eigenvalue weighted by molar-refractivity contribution is -0.119. The van der Waals surface area contributed by atoms with E-state index in [1.54, 1.807) is 0 Å². The molecule has 0 aliphatic carbocycles. The molecule has 1 amide bonds. The van der Waals surface area contributed by atoms with Crippen LogP contribution in [0.5, 0.6) is 0 Å². The van der Waals surface area contributed by atoms with Crippen molar-refractivity contribution in [1.29, 1.82) is 0 Å². The number of hydrogen-bond donors (Lipinski definition) is 0. The van der Waals surface area contributed by atoms with Crippen LogP contribution >= 0.6 is 11.6 Å². The van der Waals surface area contributed by atoms with Crippen LogP contribution in [0.3, 0.4) is 0 Å². The lowest BCUT2D eigenvalue weighted by Gasteiger charge is -2.14. The van der Waals surface area contributed by atoms with Gasteiger partial charge in [-0.3, -0.25) is 4.79 Å². The van der Waals surface area contributed by atoms with Crippen molar-refractivity contribution < 1.29 is 4.79 Å². The van der Waals surface area contributed by atoms with Crippen molar-refractivity contribution in [2.75, 3.05) is 5.01 Å². The van der Waals surface area contributed by atoms with Gasteiger partial charge in [0.05, 0.1) is 11.6 Å². The number of carbonyl (C=O) groups is 1. The second kappa shape index (κ2) is 5.70. The molecule has 1 aliphatic heterocycles. The number of halogens is 1. The zero-order valence-corrected chi connectivity index (χ0v) is 12.4. The summed E-state index contributed by atoms with van der Waals surface area (Å²) in [5.41, 5.74) is 2.59. The second-order valence-electron chi connectivity index (χ2n) is 5.08. The maximum absolute atomic E-state index is 12.6. The summed E-state index contributed by atoms with van der Waals surface area (Å²) >= 11 is 6.19. The summed E-state index contributed by atoms with van der Waals surface area (Å²) in [6, 6.07) is 17.1. The minimum atomic E-state index is -0.245. The van der Waals surface area contributed by atoms with Crippen molar-refractivity contribution >= 4 is 28.9 Å². The Kier molecular flexibility index (Phi) is 3.76. The van der Waals surface area contributed by atoms with Gasteiger partial charge < -0.3 is 0 Å². The standard InChI is InChI=1S/C17H15ClN2O/c1-12-15(11-13-7-5-6-10-16(13)18)17(21)20(19-12)14-8-3-2-4-9-14/h2-10,15H,11H2,1H3. The molecule has 2 aromatic rings. The molecule has 1 heterocycles. The number of rotatable bonds is 3. The van der Waals surface area contributed by atoms with Crippen LogP contribution in [0.15, 0.2) is 59.7 Å². The van der Waals surface area contributed by atoms with Crippen molar-refractivity contribution in [3.63, 3.8) is 0 Å². The molecule has 0 spiro atoms. The topological polar surface area (TPSA) is 32.7 Å². The van der Waals surface area contributed by atoms with E-state index in [0.717, 1.165) is 17.0 Å². The number of benzene rings is 2. The van der Waals surface area contributed by atoms with Gasteiger partial charge >= 0.3 is 0 Å². The van der Waals surface area contributed by atoms with Crippen LogP contribution in [0, 0.1) is 5.92 Å². The number of hydrogen-bond acceptors (Lipinski definition) is 2. The van der Waals surface area contributed by atoms with Gasteiger partial charge in [0.15, 0.2) is 0 Å². The number of amides is 1. The smallest absolute Gasteiger partial charge is 0.256 e. The van der Waals surface area contributed by atoms with Crippen LogP contribution in [0.2, 0.25) is 5.02 Å². The van der Waals surface area contributed by atoms with Gasteiger partial charge in [0.25, 0.3) is 5.91 Å². The van der Waals surface area contributed by atoms with Crippen LogP contribution in [0.25, 0.3) is 0 Å². The molecule has 0 fully saturated rings. The normalized spacial score (nSPS) is 18.0. The largest absolute Gasteiger partial charge is 0.272 e. The molecule has 4 heteroatoms. The zero-order valence-electron chi connectivity index (χ0n) is 11.7. The Morgan fingerprint density at radius 1 is 1.10 bits per heavy atom. The Labute approximate surface area is 128 Å². The third kappa shape index (κ3) is 2.69. The molecule has 3 rings (SSSR count). The van der Waals surface area contributed by atoms with Crippen LogP contribution in [-0.2, 0) is 11.2 Å². The Hall–Kier alpha value is -2.13. The summed E-state index contributed by atoms with van der Waals surface area (Å²) in [6.45, 7) is 1.89. The minimum absolute atomic E-state index is 0.00128. The van der Waals surface area contributed by atoms with Gasteiger partial charge in [0, 0.05) is 10.7 Å². The van der Waals surface area contributed by atoms with Crippen LogP contribution in [0.4, 0.5) is 5.69 Å². The highest BCUT2D eigenvalue weighted by Gasteiger charge is 2.34. The molecule has 0 bridgehead atoms. The Balaban J connectivity index is 1.85. The van der Waals surface area contributed by atoms with Gasteiger partial charge in [-0.25, -0.2) is 5.01 Å². The number of hydrazone groups is 1. The maximum Gasteiger partial charge on any atom is 0.256 e. The molecular weight excluding hydrogens is 284 g/mol. The molecule has 21 heavy (non-hydrogen) atoms. The molecule has 106 valence electrons. The predicted octanol–water partition coefficient (Wildman–Crippen LogP) is 3.92. The first-order valence-electron chi connectivity index (χ1n) is 6.84. The highest BCUT2D eigenvalue weighted by atomic mass is 35.5. The number of nitrogens with zero attached hydrogens (tertiary/aromatic N) is 2. The summed E-state index contributed by atoms with van der Waals surface area (Å²) in [7, 11) is 0. The number of para-hydroxylation sites is 1. The maximum atomic E-state index is 12.6. The van der Waals surface area contributed by atoms with Gasteiger partial charge in [0.2, 0.25) is 0 Å². The first-order valence-corrected chi connectivity index (χ1v) is 7.22. The summed E-state index contributed by atoms with van der Waals surface area (Å²) in [6.07, 6.45) is 0.581. The Morgan fingerprint density at radius 2 is 1.76 bits per heavy atom. The van der Waals surface area contributed by atoms with Gasteiger partial charge in [-0.2, -0.15) is 5.10 Å². The van der Waals surface area contributed by atoms with Crippen LogP contribution in [0.1, 0.15) is 12.5 Å². The van der Waals surface area contributed by atoms with Crippen molar-refractivity contribution in [2.24, 2.45) is 11.0 Å². The molecule has 0 saturated heterocycles. The first-order chi connectivity index (χ1) is 10.2. The fourth-order valence-corrected chi connectivity index (χ4v) is 2.69. The SMILES string of the molecule is CC1=NN(c2ccccc2)C(=O)C1Cc1ccccc1Cl. The molecule has 0 aromatic heterocycles. The zero-order chi connectivity index (χ0) is 14.8. The average molecular weight is 299 g/mol. The molecule has 1 atom stereocenters. The van der Waals surface area contributed by atoms with E-state index in [2.05, 4.69) is 5.10 Å². The monoisotopic (exact) mass is 298 g/mol. The van der Waals surface area contributed by atoms with Gasteiger partial charge in [-0.1, -0.05) is 48.0 Å². The number of anilines is 1. The van der Waals surface area contributed by atoms with Crippen molar-refractivity contribution in [3.05, 3.63) is 65.2 Å². The fraction of sp³-hybridized carbons (Fsp3) is 0.176. The lowest BCUT2D eigenvalue weighted by atomic mass is 9.95. The van der Waals surface area contributed by atoms with E-state index in [4.69, 9.17) is 11.6 Å². The highest BCUT2D eigenvalue weighted by Crippen LogP contribution is 2.27. The third-order valence-electron chi connectivity index (χ3n) is 3.65. The molecule has 1 unspecified atom stereocenters. The minimum Gasteiger partial charge on any atom is -0.272 e. The van der Waals surface area contributed by atoms with Crippen LogP contribution < -0.4 is 5.01 Å². The van der Waals surface area contributed by atoms with Gasteiger partial charge in [0.1, 0.15) is 0 Å². The lowest BCUT2D eigenvalue weighted by Crippen LogP contribution is -2.28. The number of carbonyl (C=O) groups excluding carboxylic acids is 1. The van der Waals surface area contributed by atoms with E-state index in [1.807, 2.05) is 61.5 Å². The third-order valence-corrected chi connectivity index (χ3v) is 4.02. The van der Waals surface area contributed by atoms with E-state index in [1.165, 1.54) is 5.01 Å². The molecule has 1 aliphatic rings. The molecule has 0 saturated carbocycles. The molecular formula is C17H15ClN2O. The van der Waals surface area contributed by atoms with E-state index in [9.17, 15) is 4.79 Å². The van der Waals surface area contributed by atoms with E-state index < -0.39 is 0 Å². The predicted molar refractivity (Wildman–Crippen MR) is 85.7 cm³/mol. The van der Waals surface area contributed by atoms with Crippen molar-refractivity contribution in [1.82, 2.24) is 0 Å². The van der Waals surface area contributed by atoms with E-state index in [-0.39, 0.29) is 11.8 Å². The fourth-order valence-electron chi connectivity index (χ4n) is 2.48. The molecule has 0 N–H and O–H groups in total. The van der Waals surface area contributed by atoms with Gasteiger partial charge in [-0.05, 0) is 37.1 Å². The summed E-state index contributed by atoms with van der Waals surface area (Å²) in [5.74, 6) is -0.247. The quantitative estimate of drug-likeness (QED) is 0.845. The molecule has 0 radical (unpaired) electrons. The van der Waals surface area contributed by atoms with E-state index >= 15 is 0 Å². The summed E-state index contributed by atoms with van der Waals surface area (Å²) in [5, 5.41) is 6.58. The van der Waals surface area contributed by atoms with Crippen molar-refractivity contribution in [2.45, 2.75) is 13.3 Å². The molecule has 3 nitrogen and oxygen atoms in total. The second-order valence-corrected chi connectivity index (χ2v) is 5.48. The summed E-state index contributed by atoms with van der Waals surface area (Å²) in [4.78, 5) is 12.6.